The van der Waals surface area contributed by atoms with Crippen molar-refractivity contribution in [3.8, 4) is 5.69 Å². The smallest absolute Gasteiger partial charge is 0.321 e. The second-order valence-electron chi connectivity index (χ2n) is 7.68. The summed E-state index contributed by atoms with van der Waals surface area (Å²) in [4.78, 5) is 42.2. The zero-order chi connectivity index (χ0) is 21.8. The maximum Gasteiger partial charge on any atom is 0.321 e. The Hall–Kier alpha value is -3.13. The lowest BCUT2D eigenvalue weighted by molar-refractivity contribution is -0.117. The predicted molar refractivity (Wildman–Crippen MR) is 122 cm³/mol. The molecule has 1 aliphatic carbocycles. The van der Waals surface area contributed by atoms with Crippen molar-refractivity contribution in [3.63, 3.8) is 0 Å². The number of carbonyl (C=O) groups is 2. The van der Waals surface area contributed by atoms with Crippen LogP contribution >= 0.6 is 11.8 Å². The number of nitrogens with zero attached hydrogens (tertiary/aromatic N) is 2. The monoisotopic (exact) mass is 436 g/mol. The lowest BCUT2D eigenvalue weighted by Gasteiger charge is -2.14. The molecule has 1 aromatic heterocycles. The number of fused-ring (bicyclic) bond motifs is 1. The molecule has 160 valence electrons. The van der Waals surface area contributed by atoms with Gasteiger partial charge in [-0.05, 0) is 49.6 Å². The maximum atomic E-state index is 13.2. The number of aryl methyl sites for hydroxylation is 1. The second kappa shape index (κ2) is 9.34. The third-order valence-electron chi connectivity index (χ3n) is 5.28. The summed E-state index contributed by atoms with van der Waals surface area (Å²) in [5.41, 5.74) is 2.07. The first-order valence-electron chi connectivity index (χ1n) is 10.3. The molecule has 0 radical (unpaired) electrons. The first kappa shape index (κ1) is 21.1. The van der Waals surface area contributed by atoms with E-state index in [0.29, 0.717) is 21.7 Å². The Morgan fingerprint density at radius 3 is 2.68 bits per heavy atom. The molecule has 31 heavy (non-hydrogen) atoms. The molecule has 3 amide bonds. The fraction of sp³-hybridized carbons (Fsp3) is 0.304. The van der Waals surface area contributed by atoms with Crippen molar-refractivity contribution in [2.24, 2.45) is 0 Å². The normalized spacial score (nSPS) is 14.0. The molecule has 0 bridgehead atoms. The van der Waals surface area contributed by atoms with Crippen LogP contribution in [0, 0.1) is 6.92 Å². The molecule has 1 fully saturated rings. The Balaban J connectivity index is 1.56. The number of amides is 3. The Labute approximate surface area is 184 Å². The van der Waals surface area contributed by atoms with E-state index in [9.17, 15) is 14.4 Å². The number of aromatic nitrogens is 2. The largest absolute Gasteiger partial charge is 0.335 e. The highest BCUT2D eigenvalue weighted by Gasteiger charge is 2.19. The number of rotatable bonds is 5. The summed E-state index contributed by atoms with van der Waals surface area (Å²) in [7, 11) is 0. The number of hydrogen-bond acceptors (Lipinski definition) is 5. The molecule has 0 spiro atoms. The molecule has 2 N–H and O–H groups in total. The predicted octanol–water partition coefficient (Wildman–Crippen LogP) is 3.55. The van der Waals surface area contributed by atoms with Crippen molar-refractivity contribution in [1.29, 1.82) is 0 Å². The highest BCUT2D eigenvalue weighted by atomic mass is 32.2. The van der Waals surface area contributed by atoms with Crippen LogP contribution in [-0.4, -0.2) is 33.3 Å². The minimum absolute atomic E-state index is 0.0331. The van der Waals surface area contributed by atoms with Gasteiger partial charge in [0.15, 0.2) is 5.16 Å². The van der Waals surface area contributed by atoms with Crippen molar-refractivity contribution in [2.45, 2.75) is 43.8 Å². The topological polar surface area (TPSA) is 93.1 Å². The number of benzene rings is 2. The summed E-state index contributed by atoms with van der Waals surface area (Å²) < 4.78 is 1.52. The van der Waals surface area contributed by atoms with Crippen LogP contribution < -0.4 is 16.2 Å². The van der Waals surface area contributed by atoms with E-state index in [1.54, 1.807) is 18.2 Å². The highest BCUT2D eigenvalue weighted by molar-refractivity contribution is 7.99. The maximum absolute atomic E-state index is 13.2. The third-order valence-corrected chi connectivity index (χ3v) is 6.22. The molecule has 0 unspecified atom stereocenters. The molecule has 2 aromatic carbocycles. The standard InChI is InChI=1S/C23H24N4O3S/c1-15-7-6-10-17(13-15)27-21(29)18-11-4-5-12-19(18)25-23(27)31-14-20(28)26-22(30)24-16-8-2-3-9-16/h4-7,10-13,16H,2-3,8-9,14H2,1H3,(H2,24,26,28,30). The van der Waals surface area contributed by atoms with Crippen LogP contribution in [-0.2, 0) is 4.79 Å². The van der Waals surface area contributed by atoms with E-state index in [0.717, 1.165) is 43.0 Å². The molecule has 0 aliphatic heterocycles. The van der Waals surface area contributed by atoms with Crippen LogP contribution in [0.2, 0.25) is 0 Å². The van der Waals surface area contributed by atoms with Gasteiger partial charge in [-0.15, -0.1) is 0 Å². The van der Waals surface area contributed by atoms with Gasteiger partial charge in [-0.25, -0.2) is 9.78 Å². The molecular formula is C23H24N4O3S. The number of imide groups is 1. The van der Waals surface area contributed by atoms with Gasteiger partial charge in [-0.3, -0.25) is 19.5 Å². The molecule has 8 heteroatoms. The minimum Gasteiger partial charge on any atom is -0.335 e. The highest BCUT2D eigenvalue weighted by Crippen LogP contribution is 2.22. The van der Waals surface area contributed by atoms with E-state index < -0.39 is 11.9 Å². The summed E-state index contributed by atoms with van der Waals surface area (Å²) in [6.07, 6.45) is 4.08. The molecular weight excluding hydrogens is 412 g/mol. The number of hydrogen-bond donors (Lipinski definition) is 2. The van der Waals surface area contributed by atoms with Gasteiger partial charge in [-0.1, -0.05) is 48.9 Å². The Kier molecular flexibility index (Phi) is 6.36. The summed E-state index contributed by atoms with van der Waals surface area (Å²) in [5, 5.41) is 6.12. The fourth-order valence-corrected chi connectivity index (χ4v) is 4.60. The lowest BCUT2D eigenvalue weighted by Crippen LogP contribution is -2.44. The molecule has 0 atom stereocenters. The van der Waals surface area contributed by atoms with Gasteiger partial charge in [0, 0.05) is 6.04 Å². The van der Waals surface area contributed by atoms with Gasteiger partial charge in [-0.2, -0.15) is 0 Å². The van der Waals surface area contributed by atoms with Crippen molar-refractivity contribution in [3.05, 3.63) is 64.4 Å². The average molecular weight is 437 g/mol. The Bertz CT molecular complexity index is 1180. The first-order valence-corrected chi connectivity index (χ1v) is 11.3. The Morgan fingerprint density at radius 1 is 1.13 bits per heavy atom. The molecule has 1 aliphatic rings. The van der Waals surface area contributed by atoms with Gasteiger partial charge in [0.25, 0.3) is 5.56 Å². The number of nitrogens with one attached hydrogen (secondary N) is 2. The summed E-state index contributed by atoms with van der Waals surface area (Å²) >= 11 is 1.13. The fourth-order valence-electron chi connectivity index (χ4n) is 3.79. The zero-order valence-corrected chi connectivity index (χ0v) is 18.1. The SMILES string of the molecule is Cc1cccc(-n2c(SCC(=O)NC(=O)NC3CCCC3)nc3ccccc3c2=O)c1. The van der Waals surface area contributed by atoms with Crippen LogP contribution in [0.15, 0.2) is 58.5 Å². The van der Waals surface area contributed by atoms with Crippen LogP contribution in [0.4, 0.5) is 4.79 Å². The number of para-hydroxylation sites is 1. The number of thioether (sulfide) groups is 1. The number of carbonyl (C=O) groups excluding carboxylic acids is 2. The van der Waals surface area contributed by atoms with Crippen LogP contribution in [0.3, 0.4) is 0 Å². The van der Waals surface area contributed by atoms with Crippen LogP contribution in [0.1, 0.15) is 31.2 Å². The van der Waals surface area contributed by atoms with E-state index in [1.165, 1.54) is 4.57 Å². The van der Waals surface area contributed by atoms with Crippen molar-refractivity contribution >= 4 is 34.6 Å². The molecule has 7 nitrogen and oxygen atoms in total. The van der Waals surface area contributed by atoms with Gasteiger partial charge in [0.2, 0.25) is 5.91 Å². The molecule has 1 heterocycles. The van der Waals surface area contributed by atoms with E-state index in [-0.39, 0.29) is 17.4 Å². The summed E-state index contributed by atoms with van der Waals surface area (Å²) in [5.74, 6) is -0.465. The van der Waals surface area contributed by atoms with Crippen molar-refractivity contribution in [1.82, 2.24) is 20.2 Å². The van der Waals surface area contributed by atoms with Gasteiger partial charge in [0.05, 0.1) is 22.3 Å². The average Bonchev–Trinajstić information content (AvgIpc) is 3.25. The van der Waals surface area contributed by atoms with E-state index in [2.05, 4.69) is 15.6 Å². The van der Waals surface area contributed by atoms with E-state index >= 15 is 0 Å². The third kappa shape index (κ3) is 4.96. The quantitative estimate of drug-likeness (QED) is 0.471. The molecule has 1 saturated carbocycles. The summed E-state index contributed by atoms with van der Waals surface area (Å²) in [6.45, 7) is 1.95. The molecule has 4 rings (SSSR count). The van der Waals surface area contributed by atoms with Gasteiger partial charge in [0.1, 0.15) is 0 Å². The van der Waals surface area contributed by atoms with Crippen LogP contribution in [0.5, 0.6) is 0 Å². The lowest BCUT2D eigenvalue weighted by atomic mass is 10.2. The Morgan fingerprint density at radius 2 is 1.90 bits per heavy atom. The zero-order valence-electron chi connectivity index (χ0n) is 17.3. The second-order valence-corrected chi connectivity index (χ2v) is 8.63. The molecule has 3 aromatic rings. The molecule has 0 saturated heterocycles. The van der Waals surface area contributed by atoms with Crippen LogP contribution in [0.25, 0.3) is 16.6 Å². The van der Waals surface area contributed by atoms with Gasteiger partial charge >= 0.3 is 6.03 Å². The number of urea groups is 1. The van der Waals surface area contributed by atoms with Crippen molar-refractivity contribution < 1.29 is 9.59 Å². The van der Waals surface area contributed by atoms with E-state index in [4.69, 9.17) is 0 Å². The first-order chi connectivity index (χ1) is 15.0. The van der Waals surface area contributed by atoms with E-state index in [1.807, 2.05) is 37.3 Å². The van der Waals surface area contributed by atoms with Crippen molar-refractivity contribution in [2.75, 3.05) is 5.75 Å². The minimum atomic E-state index is -0.472. The van der Waals surface area contributed by atoms with Gasteiger partial charge < -0.3 is 5.32 Å². The summed E-state index contributed by atoms with van der Waals surface area (Å²) in [6, 6.07) is 14.4.